The third kappa shape index (κ3) is 3.61. The maximum Gasteiger partial charge on any atom is 0.269 e. The molecule has 8 nitrogen and oxygen atoms in total. The van der Waals surface area contributed by atoms with Crippen LogP contribution in [0.15, 0.2) is 77.5 Å². The average Bonchev–Trinajstić information content (AvgIpc) is 2.84. The fraction of sp³-hybridized carbons (Fsp3) is 0.240. The van der Waals surface area contributed by atoms with Crippen molar-refractivity contribution in [3.8, 4) is 18.2 Å². The van der Waals surface area contributed by atoms with Crippen LogP contribution in [0.4, 0.5) is 5.69 Å². The first-order chi connectivity index (χ1) is 15.9. The highest BCUT2D eigenvalue weighted by atomic mass is 16.6. The van der Waals surface area contributed by atoms with Gasteiger partial charge in [0.25, 0.3) is 5.69 Å². The Kier molecular flexibility index (Phi) is 5.67. The Morgan fingerprint density at radius 3 is 2.33 bits per heavy atom. The van der Waals surface area contributed by atoms with Crippen LogP contribution in [0.3, 0.4) is 0 Å². The van der Waals surface area contributed by atoms with E-state index in [1.165, 1.54) is 12.1 Å². The molecule has 2 aromatic carbocycles. The van der Waals surface area contributed by atoms with Crippen molar-refractivity contribution < 1.29 is 4.92 Å². The van der Waals surface area contributed by atoms with Gasteiger partial charge in [-0.25, -0.2) is 0 Å². The summed E-state index contributed by atoms with van der Waals surface area (Å²) >= 11 is 0. The molecule has 0 fully saturated rings. The van der Waals surface area contributed by atoms with Gasteiger partial charge in [0.2, 0.25) is 0 Å². The van der Waals surface area contributed by atoms with Crippen molar-refractivity contribution in [2.45, 2.75) is 12.5 Å². The van der Waals surface area contributed by atoms with Crippen molar-refractivity contribution in [1.82, 2.24) is 4.90 Å². The molecular formula is C25H20N6O2. The van der Waals surface area contributed by atoms with E-state index in [0.29, 0.717) is 25.2 Å². The largest absolute Gasteiger partial charge is 0.399 e. The maximum atomic E-state index is 11.1. The standard InChI is InChI=1S/C25H20N6O2/c26-12-21-20-10-11-30(13-17-4-2-1-3-5-17)14-22(20)23(25(15-27,16-28)24(21)29)18-6-8-19(9-7-18)31(32)33/h1-10,22-23H,11,13-14,29H2/t22-,23+/m1/s1. The number of nitro benzene ring substituents is 1. The Bertz CT molecular complexity index is 1260. The number of allylic oxidation sites excluding steroid dienone is 2. The minimum atomic E-state index is -1.76. The normalized spacial score (nSPS) is 21.7. The molecule has 2 N–H and O–H groups in total. The number of hydrogen-bond acceptors (Lipinski definition) is 7. The van der Waals surface area contributed by atoms with Gasteiger partial charge in [0.15, 0.2) is 5.41 Å². The van der Waals surface area contributed by atoms with Gasteiger partial charge >= 0.3 is 0 Å². The topological polar surface area (TPSA) is 144 Å². The van der Waals surface area contributed by atoms with Crippen LogP contribution in [0.1, 0.15) is 17.0 Å². The van der Waals surface area contributed by atoms with E-state index >= 15 is 0 Å². The summed E-state index contributed by atoms with van der Waals surface area (Å²) < 4.78 is 0. The number of fused-ring (bicyclic) bond motifs is 1. The average molecular weight is 436 g/mol. The van der Waals surface area contributed by atoms with Crippen molar-refractivity contribution in [3.05, 3.63) is 98.8 Å². The first kappa shape index (κ1) is 21.8. The number of nitro groups is 1. The Balaban J connectivity index is 1.84. The molecule has 2 atom stereocenters. The smallest absolute Gasteiger partial charge is 0.269 e. The zero-order chi connectivity index (χ0) is 23.6. The van der Waals surface area contributed by atoms with Gasteiger partial charge in [-0.1, -0.05) is 48.5 Å². The monoisotopic (exact) mass is 436 g/mol. The molecule has 0 aromatic heterocycles. The Morgan fingerprint density at radius 1 is 1.09 bits per heavy atom. The van der Waals surface area contributed by atoms with E-state index in [1.54, 1.807) is 12.1 Å². The number of rotatable bonds is 4. The lowest BCUT2D eigenvalue weighted by molar-refractivity contribution is -0.384. The van der Waals surface area contributed by atoms with Crippen LogP contribution in [0, 0.1) is 55.4 Å². The van der Waals surface area contributed by atoms with E-state index in [-0.39, 0.29) is 22.9 Å². The number of non-ortho nitro benzene ring substituents is 1. The molecule has 8 heteroatoms. The minimum absolute atomic E-state index is 0.0580. The lowest BCUT2D eigenvalue weighted by Crippen LogP contribution is -2.47. The molecule has 1 aliphatic heterocycles. The molecule has 0 amide bonds. The predicted octanol–water partition coefficient (Wildman–Crippen LogP) is 3.52. The van der Waals surface area contributed by atoms with Crippen LogP contribution in [0.25, 0.3) is 0 Å². The molecule has 33 heavy (non-hydrogen) atoms. The minimum Gasteiger partial charge on any atom is -0.399 e. The first-order valence-electron chi connectivity index (χ1n) is 10.4. The summed E-state index contributed by atoms with van der Waals surface area (Å²) in [4.78, 5) is 12.8. The van der Waals surface area contributed by atoms with Crippen LogP contribution < -0.4 is 5.73 Å². The second kappa shape index (κ2) is 8.59. The Labute approximate surface area is 191 Å². The number of nitrogens with two attached hydrogens (primary N) is 1. The van der Waals surface area contributed by atoms with Crippen molar-refractivity contribution in [2.24, 2.45) is 17.1 Å². The Hall–Kier alpha value is -4.45. The van der Waals surface area contributed by atoms with E-state index in [0.717, 1.165) is 11.1 Å². The lowest BCUT2D eigenvalue weighted by atomic mass is 9.58. The van der Waals surface area contributed by atoms with Gasteiger partial charge in [0, 0.05) is 43.6 Å². The van der Waals surface area contributed by atoms with Crippen molar-refractivity contribution in [2.75, 3.05) is 13.1 Å². The predicted molar refractivity (Wildman–Crippen MR) is 120 cm³/mol. The van der Waals surface area contributed by atoms with Crippen LogP contribution >= 0.6 is 0 Å². The molecule has 1 heterocycles. The summed E-state index contributed by atoms with van der Waals surface area (Å²) in [5.41, 5.74) is 7.03. The van der Waals surface area contributed by atoms with Gasteiger partial charge in [0.1, 0.15) is 6.07 Å². The SMILES string of the molecule is N#CC1=C(N)C(C#N)(C#N)[C@@H](c2ccc([N+](=O)[O-])cc2)[C@@H]2CN(Cc3ccccc3)CC=C12. The van der Waals surface area contributed by atoms with Gasteiger partial charge in [-0.05, 0) is 16.7 Å². The molecule has 0 bridgehead atoms. The second-order valence-corrected chi connectivity index (χ2v) is 8.20. The molecule has 2 aliphatic rings. The van der Waals surface area contributed by atoms with E-state index in [2.05, 4.69) is 23.1 Å². The van der Waals surface area contributed by atoms with Crippen LogP contribution in [0.5, 0.6) is 0 Å². The summed E-state index contributed by atoms with van der Waals surface area (Å²) in [7, 11) is 0. The van der Waals surface area contributed by atoms with Gasteiger partial charge in [0.05, 0.1) is 28.3 Å². The highest BCUT2D eigenvalue weighted by molar-refractivity contribution is 5.59. The number of benzene rings is 2. The number of nitrogens with zero attached hydrogens (tertiary/aromatic N) is 5. The van der Waals surface area contributed by atoms with Crippen molar-refractivity contribution in [3.63, 3.8) is 0 Å². The third-order valence-corrected chi connectivity index (χ3v) is 6.45. The zero-order valence-electron chi connectivity index (χ0n) is 17.7. The molecule has 0 spiro atoms. The van der Waals surface area contributed by atoms with Crippen LogP contribution in [0.2, 0.25) is 0 Å². The molecule has 0 saturated heterocycles. The molecule has 4 rings (SSSR count). The highest BCUT2D eigenvalue weighted by Gasteiger charge is 2.54. The molecule has 0 saturated carbocycles. The van der Waals surface area contributed by atoms with Gasteiger partial charge < -0.3 is 5.73 Å². The van der Waals surface area contributed by atoms with Gasteiger partial charge in [-0.15, -0.1) is 0 Å². The lowest BCUT2D eigenvalue weighted by Gasteiger charge is -2.45. The van der Waals surface area contributed by atoms with E-state index < -0.39 is 16.3 Å². The van der Waals surface area contributed by atoms with Gasteiger partial charge in [-0.3, -0.25) is 15.0 Å². The first-order valence-corrected chi connectivity index (χ1v) is 10.4. The molecule has 2 aromatic rings. The number of hydrogen-bond donors (Lipinski definition) is 1. The summed E-state index contributed by atoms with van der Waals surface area (Å²) in [6, 6.07) is 22.1. The zero-order valence-corrected chi connectivity index (χ0v) is 17.7. The van der Waals surface area contributed by atoms with Gasteiger partial charge in [-0.2, -0.15) is 15.8 Å². The molecule has 162 valence electrons. The third-order valence-electron chi connectivity index (χ3n) is 6.45. The summed E-state index contributed by atoms with van der Waals surface area (Å²) in [5, 5.41) is 41.3. The van der Waals surface area contributed by atoms with E-state index in [1.807, 2.05) is 36.4 Å². The van der Waals surface area contributed by atoms with Crippen molar-refractivity contribution in [1.29, 1.82) is 15.8 Å². The van der Waals surface area contributed by atoms with E-state index in [4.69, 9.17) is 5.73 Å². The highest BCUT2D eigenvalue weighted by Crippen LogP contribution is 2.54. The fourth-order valence-corrected chi connectivity index (χ4v) is 4.89. The molecular weight excluding hydrogens is 416 g/mol. The molecule has 1 aliphatic carbocycles. The fourth-order valence-electron chi connectivity index (χ4n) is 4.89. The quantitative estimate of drug-likeness (QED) is 0.570. The summed E-state index contributed by atoms with van der Waals surface area (Å²) in [6.45, 7) is 1.77. The summed E-state index contributed by atoms with van der Waals surface area (Å²) in [6.07, 6.45) is 1.94. The van der Waals surface area contributed by atoms with Crippen LogP contribution in [-0.2, 0) is 6.54 Å². The van der Waals surface area contributed by atoms with E-state index in [9.17, 15) is 25.9 Å². The van der Waals surface area contributed by atoms with Crippen LogP contribution in [-0.4, -0.2) is 22.9 Å². The Morgan fingerprint density at radius 2 is 1.76 bits per heavy atom. The molecule has 0 unspecified atom stereocenters. The van der Waals surface area contributed by atoms with Crippen molar-refractivity contribution >= 4 is 5.69 Å². The maximum absolute atomic E-state index is 11.1. The second-order valence-electron chi connectivity index (χ2n) is 8.20. The number of nitriles is 3. The summed E-state index contributed by atoms with van der Waals surface area (Å²) in [5.74, 6) is -1.04. The molecule has 0 radical (unpaired) electrons.